The van der Waals surface area contributed by atoms with Crippen LogP contribution in [0.2, 0.25) is 0 Å². The van der Waals surface area contributed by atoms with Gasteiger partial charge in [0, 0.05) is 75.8 Å². The van der Waals surface area contributed by atoms with Gasteiger partial charge in [-0.2, -0.15) is 21.4 Å². The first-order valence-corrected chi connectivity index (χ1v) is 23.0. The third kappa shape index (κ3) is 8.93. The van der Waals surface area contributed by atoms with Crippen LogP contribution in [-0.2, 0) is 44.3 Å². The fraction of sp³-hybridized carbons (Fsp3) is 0.432. The first-order chi connectivity index (χ1) is 26.6. The summed E-state index contributed by atoms with van der Waals surface area (Å²) in [6, 6.07) is 14.7. The number of unbranched alkanes of at least 4 members (excludes halogenated alkanes) is 1. The van der Waals surface area contributed by atoms with Crippen molar-refractivity contribution in [2.45, 2.75) is 93.2 Å². The van der Waals surface area contributed by atoms with E-state index >= 15 is 0 Å². The molecule has 2 saturated heterocycles. The number of imide groups is 1. The zero-order chi connectivity index (χ0) is 40.3. The maximum atomic E-state index is 13.2. The molecule has 0 saturated carbocycles. The Morgan fingerprint density at radius 3 is 2.45 bits per heavy atom. The summed E-state index contributed by atoms with van der Waals surface area (Å²) in [5, 5.41) is 2.04. The van der Waals surface area contributed by atoms with Gasteiger partial charge in [-0.3, -0.25) is 23.5 Å². The maximum Gasteiger partial charge on any atom is 0.333 e. The zero-order valence-corrected chi connectivity index (χ0v) is 33.9. The lowest BCUT2D eigenvalue weighted by molar-refractivity contribution is -0.675. The molecule has 3 aromatic rings. The third-order valence-electron chi connectivity index (χ3n) is 10.0. The van der Waals surface area contributed by atoms with Crippen LogP contribution < -0.4 is 14.4 Å². The molecule has 3 N–H and O–H groups in total. The Morgan fingerprint density at radius 2 is 1.73 bits per heavy atom. The number of carbonyl (C=O) groups is 4. The van der Waals surface area contributed by atoms with Gasteiger partial charge < -0.3 is 10.2 Å². The van der Waals surface area contributed by atoms with Crippen molar-refractivity contribution in [1.29, 1.82) is 0 Å². The molecular weight excluding hydrogens is 805 g/mol. The van der Waals surface area contributed by atoms with Crippen LogP contribution in [0.3, 0.4) is 0 Å². The highest BCUT2D eigenvalue weighted by atomic mass is 32.2. The van der Waals surface area contributed by atoms with Gasteiger partial charge in [0.05, 0.1) is 11.4 Å². The van der Waals surface area contributed by atoms with Crippen LogP contribution in [0.4, 0.5) is 5.69 Å². The number of thioether (sulfide) groups is 1. The molecule has 0 bridgehead atoms. The molecule has 3 unspecified atom stereocenters. The average molecular weight is 849 g/mol. The van der Waals surface area contributed by atoms with Crippen LogP contribution in [0.25, 0.3) is 16.3 Å². The van der Waals surface area contributed by atoms with Crippen molar-refractivity contribution in [2.24, 2.45) is 0 Å². The van der Waals surface area contributed by atoms with Crippen LogP contribution in [0, 0.1) is 0 Å². The van der Waals surface area contributed by atoms with Crippen molar-refractivity contribution in [1.82, 2.24) is 14.9 Å². The summed E-state index contributed by atoms with van der Waals surface area (Å²) in [6.45, 7) is 2.47. The van der Waals surface area contributed by atoms with E-state index in [0.29, 0.717) is 58.4 Å². The Morgan fingerprint density at radius 1 is 1.02 bits per heavy atom. The normalized spacial score (nSPS) is 21.3. The number of quaternary nitrogens is 1. The molecule has 0 aliphatic carbocycles. The number of aromatic nitrogens is 1. The smallest absolute Gasteiger partial charge is 0.333 e. The molecule has 0 radical (unpaired) electrons. The molecule has 300 valence electrons. The van der Waals surface area contributed by atoms with Crippen molar-refractivity contribution in [3.63, 3.8) is 0 Å². The van der Waals surface area contributed by atoms with Gasteiger partial charge in [-0.25, -0.2) is 9.28 Å². The van der Waals surface area contributed by atoms with Crippen molar-refractivity contribution in [3.05, 3.63) is 70.2 Å². The molecule has 19 heteroatoms. The number of fused-ring (bicyclic) bond motifs is 3. The fourth-order valence-corrected chi connectivity index (χ4v) is 12.5. The summed E-state index contributed by atoms with van der Waals surface area (Å²) in [7, 11) is -9.06. The van der Waals surface area contributed by atoms with Gasteiger partial charge in [0.25, 0.3) is 22.2 Å². The number of nitrogens with one attached hydrogen (secondary N) is 1. The second kappa shape index (κ2) is 17.3. The molecule has 6 rings (SSSR count). The summed E-state index contributed by atoms with van der Waals surface area (Å²) in [5.74, 6) is -2.15. The van der Waals surface area contributed by atoms with Crippen LogP contribution in [0.1, 0.15) is 87.9 Å². The number of benzene rings is 2. The lowest BCUT2D eigenvalue weighted by Gasteiger charge is -2.34. The molecule has 15 nitrogen and oxygen atoms in total. The molecule has 3 atom stereocenters. The Labute approximate surface area is 333 Å². The molecule has 2 aromatic carbocycles. The van der Waals surface area contributed by atoms with Crippen LogP contribution in [-0.4, -0.2) is 73.2 Å². The Hall–Kier alpha value is -3.98. The second-order valence-electron chi connectivity index (χ2n) is 13.9. The number of carbonyl (C=O) groups excluding carboxylic acids is 4. The first-order valence-electron chi connectivity index (χ1n) is 18.4. The lowest BCUT2D eigenvalue weighted by atomic mass is 10.1. The first kappa shape index (κ1) is 41.6. The SMILES string of the molecule is CCCC([n+]1c(/C=C(/C=C2\Sc3ccccc3[N+]23CCCC3S(=O)(=O)O)CCC(=O)NCCCCC(=O)ON2C(=O)CCC2=O)sc2ccccc21)S(=O)(=O)O. The monoisotopic (exact) mass is 848 g/mol. The number of hydrogen-bond acceptors (Lipinski definition) is 11. The quantitative estimate of drug-likeness (QED) is 0.0546. The summed E-state index contributed by atoms with van der Waals surface area (Å²) in [4.78, 5) is 54.5. The van der Waals surface area contributed by atoms with E-state index in [1.807, 2.05) is 49.4 Å². The number of amides is 3. The van der Waals surface area contributed by atoms with Gasteiger partial charge in [-0.1, -0.05) is 42.5 Å². The van der Waals surface area contributed by atoms with Crippen molar-refractivity contribution >= 4 is 89.0 Å². The summed E-state index contributed by atoms with van der Waals surface area (Å²) < 4.78 is 74.6. The second-order valence-corrected chi connectivity index (χ2v) is 19.1. The topological polar surface area (TPSA) is 205 Å². The fourth-order valence-electron chi connectivity index (χ4n) is 7.47. The predicted molar refractivity (Wildman–Crippen MR) is 210 cm³/mol. The van der Waals surface area contributed by atoms with Crippen molar-refractivity contribution in [2.75, 3.05) is 13.1 Å². The molecule has 3 aliphatic rings. The van der Waals surface area contributed by atoms with Crippen LogP contribution >= 0.6 is 23.1 Å². The number of nitrogens with zero attached hydrogens (tertiary/aromatic N) is 3. The van der Waals surface area contributed by atoms with E-state index < -0.39 is 48.8 Å². The Bertz CT molecular complexity index is 2310. The Balaban J connectivity index is 1.29. The zero-order valence-electron chi connectivity index (χ0n) is 30.7. The van der Waals surface area contributed by atoms with E-state index in [4.69, 9.17) is 4.84 Å². The molecule has 3 amide bonds. The summed E-state index contributed by atoms with van der Waals surface area (Å²) in [5.41, 5.74) is 1.94. The van der Waals surface area contributed by atoms with Gasteiger partial charge in [-0.05, 0) is 55.2 Å². The van der Waals surface area contributed by atoms with Gasteiger partial charge in [-0.15, -0.1) is 5.06 Å². The average Bonchev–Trinajstić information content (AvgIpc) is 3.90. The molecule has 1 spiro atoms. The van der Waals surface area contributed by atoms with Crippen molar-refractivity contribution in [3.8, 4) is 0 Å². The molecular formula is C37H44N4O11S4+2. The third-order valence-corrected chi connectivity index (χ3v) is 14.8. The summed E-state index contributed by atoms with van der Waals surface area (Å²) in [6.07, 6.45) is 5.82. The standard InChI is InChI=1S/C37H42N4O11S4/c1-2-10-34(55(46,47)48)39-26-11-3-5-13-28(26)53-33(39)23-25(17-18-30(42)38-21-8-7-16-37(45)52-40-31(43)19-20-32(40)44)24-35-41(22-9-15-36(41)56(49,50)51)27-12-4-6-14-29(27)54-35/h3-6,11-14,23-24,34,36H,2,7-10,15-22H2,1H3,(H-2,38,42,46,47,48,49,50,51)/p+2/b25-23+,35-24-. The minimum atomic E-state index is -4.56. The number of thiazole rings is 1. The highest BCUT2D eigenvalue weighted by Gasteiger charge is 2.58. The van der Waals surface area contributed by atoms with E-state index in [-0.39, 0.29) is 61.9 Å². The molecule has 1 aromatic heterocycles. The van der Waals surface area contributed by atoms with Crippen LogP contribution in [0.15, 0.2) is 70.1 Å². The van der Waals surface area contributed by atoms with E-state index in [1.54, 1.807) is 22.8 Å². The molecule has 3 aliphatic heterocycles. The number of hydroxylamine groups is 2. The van der Waals surface area contributed by atoms with Gasteiger partial charge in [0.15, 0.2) is 10.7 Å². The highest BCUT2D eigenvalue weighted by Crippen LogP contribution is 2.56. The number of allylic oxidation sites excluding steroid dienone is 2. The largest absolute Gasteiger partial charge is 0.356 e. The number of rotatable bonds is 16. The number of hydrogen-bond donors (Lipinski definition) is 3. The minimum absolute atomic E-state index is 0.00222. The molecule has 4 heterocycles. The van der Waals surface area contributed by atoms with Crippen molar-refractivity contribution < 1.29 is 54.5 Å². The van der Waals surface area contributed by atoms with Crippen LogP contribution in [0.5, 0.6) is 0 Å². The van der Waals surface area contributed by atoms with E-state index in [9.17, 15) is 45.1 Å². The van der Waals surface area contributed by atoms with E-state index in [0.717, 1.165) is 15.3 Å². The minimum Gasteiger partial charge on any atom is -0.356 e. The predicted octanol–water partition coefficient (Wildman–Crippen LogP) is 5.39. The van der Waals surface area contributed by atoms with Gasteiger partial charge >= 0.3 is 26.2 Å². The highest BCUT2D eigenvalue weighted by molar-refractivity contribution is 8.03. The Kier molecular flexibility index (Phi) is 12.8. The summed E-state index contributed by atoms with van der Waals surface area (Å²) >= 11 is 2.70. The van der Waals surface area contributed by atoms with Gasteiger partial charge in [0.2, 0.25) is 16.8 Å². The lowest BCUT2D eigenvalue weighted by Crippen LogP contribution is -2.52. The van der Waals surface area contributed by atoms with Gasteiger partial charge in [0.1, 0.15) is 4.70 Å². The number of para-hydroxylation sites is 2. The molecule has 2 fully saturated rings. The van der Waals surface area contributed by atoms with E-state index in [2.05, 4.69) is 5.32 Å². The van der Waals surface area contributed by atoms with E-state index in [1.165, 1.54) is 23.1 Å². The molecule has 56 heavy (non-hydrogen) atoms. The maximum absolute atomic E-state index is 13.2.